The van der Waals surface area contributed by atoms with Crippen LogP contribution in [-0.4, -0.2) is 12.2 Å². The summed E-state index contributed by atoms with van der Waals surface area (Å²) in [5, 5.41) is 9.13. The van der Waals surface area contributed by atoms with E-state index in [1.165, 1.54) is 0 Å². The summed E-state index contributed by atoms with van der Waals surface area (Å²) >= 11 is 0. The Morgan fingerprint density at radius 3 is 2.30 bits per heavy atom. The van der Waals surface area contributed by atoms with E-state index in [0.717, 1.165) is 22.4 Å². The van der Waals surface area contributed by atoms with Crippen LogP contribution in [0.2, 0.25) is 0 Å². The van der Waals surface area contributed by atoms with Crippen LogP contribution in [-0.2, 0) is 13.2 Å². The van der Waals surface area contributed by atoms with Gasteiger partial charge in [0, 0.05) is 6.54 Å². The fourth-order valence-corrected chi connectivity index (χ4v) is 1.97. The van der Waals surface area contributed by atoms with E-state index in [-0.39, 0.29) is 6.61 Å². The van der Waals surface area contributed by atoms with E-state index in [1.54, 1.807) is 25.3 Å². The zero-order valence-corrected chi connectivity index (χ0v) is 11.7. The van der Waals surface area contributed by atoms with Gasteiger partial charge >= 0.3 is 0 Å². The maximum atomic E-state index is 9.13. The summed E-state index contributed by atoms with van der Waals surface area (Å²) < 4.78 is 11.2. The molecule has 2 rings (SSSR count). The molecule has 0 aromatic heterocycles. The third-order valence-corrected chi connectivity index (χ3v) is 3.11. The number of aryl methyl sites for hydroxylation is 1. The Balaban J connectivity index is 2.29. The van der Waals surface area contributed by atoms with Crippen LogP contribution < -0.4 is 15.2 Å². The van der Waals surface area contributed by atoms with Crippen LogP contribution >= 0.6 is 0 Å². The standard InChI is InChI=1S/C16H19NO3/c1-11-7-12(9-17)3-5-14(11)20-15-6-4-13(10-18)8-16(15)19-2/h3-8,18H,9-10,17H2,1-2H3. The van der Waals surface area contributed by atoms with Crippen molar-refractivity contribution in [2.45, 2.75) is 20.1 Å². The van der Waals surface area contributed by atoms with Gasteiger partial charge < -0.3 is 20.3 Å². The molecule has 106 valence electrons. The smallest absolute Gasteiger partial charge is 0.169 e. The van der Waals surface area contributed by atoms with Crippen LogP contribution in [0.25, 0.3) is 0 Å². The molecule has 0 aliphatic rings. The number of nitrogens with two attached hydrogens (primary N) is 1. The van der Waals surface area contributed by atoms with Crippen molar-refractivity contribution in [3.63, 3.8) is 0 Å². The van der Waals surface area contributed by atoms with E-state index < -0.39 is 0 Å². The molecule has 4 nitrogen and oxygen atoms in total. The second-order valence-electron chi connectivity index (χ2n) is 4.55. The molecule has 2 aromatic carbocycles. The molecule has 0 unspecified atom stereocenters. The second-order valence-corrected chi connectivity index (χ2v) is 4.55. The Kier molecular flexibility index (Phi) is 4.61. The first-order valence-electron chi connectivity index (χ1n) is 6.43. The Labute approximate surface area is 118 Å². The van der Waals surface area contributed by atoms with Gasteiger partial charge in [0.25, 0.3) is 0 Å². The number of aliphatic hydroxyl groups is 1. The summed E-state index contributed by atoms with van der Waals surface area (Å²) in [6.45, 7) is 2.46. The highest BCUT2D eigenvalue weighted by molar-refractivity contribution is 5.47. The highest BCUT2D eigenvalue weighted by atomic mass is 16.5. The molecule has 0 amide bonds. The van der Waals surface area contributed by atoms with Gasteiger partial charge in [0.15, 0.2) is 11.5 Å². The number of ether oxygens (including phenoxy) is 2. The lowest BCUT2D eigenvalue weighted by Crippen LogP contribution is -1.98. The maximum Gasteiger partial charge on any atom is 0.169 e. The van der Waals surface area contributed by atoms with Crippen LogP contribution in [0.4, 0.5) is 0 Å². The van der Waals surface area contributed by atoms with Crippen LogP contribution in [0, 0.1) is 6.92 Å². The largest absolute Gasteiger partial charge is 0.493 e. The van der Waals surface area contributed by atoms with Crippen molar-refractivity contribution >= 4 is 0 Å². The molecule has 3 N–H and O–H groups in total. The Hall–Kier alpha value is -2.04. The van der Waals surface area contributed by atoms with Gasteiger partial charge in [-0.2, -0.15) is 0 Å². The number of methoxy groups -OCH3 is 1. The summed E-state index contributed by atoms with van der Waals surface area (Å²) in [6.07, 6.45) is 0. The first-order valence-corrected chi connectivity index (χ1v) is 6.43. The van der Waals surface area contributed by atoms with Crippen molar-refractivity contribution in [2.24, 2.45) is 5.73 Å². The number of hydrogen-bond acceptors (Lipinski definition) is 4. The van der Waals surface area contributed by atoms with Crippen molar-refractivity contribution in [3.8, 4) is 17.2 Å². The van der Waals surface area contributed by atoms with Gasteiger partial charge in [0.2, 0.25) is 0 Å². The number of aliphatic hydroxyl groups excluding tert-OH is 1. The molecule has 0 heterocycles. The Morgan fingerprint density at radius 1 is 1.00 bits per heavy atom. The Morgan fingerprint density at radius 2 is 1.70 bits per heavy atom. The molecule has 0 saturated heterocycles. The molecule has 0 bridgehead atoms. The maximum absolute atomic E-state index is 9.13. The van der Waals surface area contributed by atoms with Gasteiger partial charge in [-0.05, 0) is 41.8 Å². The third kappa shape index (κ3) is 3.10. The van der Waals surface area contributed by atoms with Gasteiger partial charge in [0.1, 0.15) is 5.75 Å². The predicted molar refractivity (Wildman–Crippen MR) is 78.1 cm³/mol. The fourth-order valence-electron chi connectivity index (χ4n) is 1.97. The number of hydrogen-bond donors (Lipinski definition) is 2. The highest BCUT2D eigenvalue weighted by Crippen LogP contribution is 2.33. The van der Waals surface area contributed by atoms with E-state index in [0.29, 0.717) is 18.0 Å². The van der Waals surface area contributed by atoms with Crippen molar-refractivity contribution in [2.75, 3.05) is 7.11 Å². The molecule has 0 aliphatic heterocycles. The van der Waals surface area contributed by atoms with Crippen molar-refractivity contribution in [1.82, 2.24) is 0 Å². The summed E-state index contributed by atoms with van der Waals surface area (Å²) in [4.78, 5) is 0. The SMILES string of the molecule is COc1cc(CO)ccc1Oc1ccc(CN)cc1C. The molecule has 0 atom stereocenters. The van der Waals surface area contributed by atoms with Crippen LogP contribution in [0.5, 0.6) is 17.2 Å². The molecule has 0 spiro atoms. The second kappa shape index (κ2) is 6.41. The molecule has 0 radical (unpaired) electrons. The summed E-state index contributed by atoms with van der Waals surface area (Å²) in [7, 11) is 1.58. The van der Waals surface area contributed by atoms with Gasteiger partial charge in [0.05, 0.1) is 13.7 Å². The fraction of sp³-hybridized carbons (Fsp3) is 0.250. The van der Waals surface area contributed by atoms with Crippen LogP contribution in [0.15, 0.2) is 36.4 Å². The minimum absolute atomic E-state index is 0.0269. The summed E-state index contributed by atoms with van der Waals surface area (Å²) in [5.74, 6) is 1.98. The molecule has 4 heteroatoms. The van der Waals surface area contributed by atoms with Gasteiger partial charge in [-0.3, -0.25) is 0 Å². The zero-order chi connectivity index (χ0) is 14.5. The van der Waals surface area contributed by atoms with Crippen molar-refractivity contribution < 1.29 is 14.6 Å². The van der Waals surface area contributed by atoms with Gasteiger partial charge in [-0.1, -0.05) is 18.2 Å². The molecular weight excluding hydrogens is 254 g/mol. The van der Waals surface area contributed by atoms with Gasteiger partial charge in [-0.25, -0.2) is 0 Å². The van der Waals surface area contributed by atoms with Gasteiger partial charge in [-0.15, -0.1) is 0 Å². The third-order valence-electron chi connectivity index (χ3n) is 3.11. The zero-order valence-electron chi connectivity index (χ0n) is 11.7. The van der Waals surface area contributed by atoms with E-state index in [2.05, 4.69) is 0 Å². The number of benzene rings is 2. The lowest BCUT2D eigenvalue weighted by molar-refractivity contribution is 0.280. The van der Waals surface area contributed by atoms with E-state index in [9.17, 15) is 0 Å². The predicted octanol–water partition coefficient (Wildman–Crippen LogP) is 2.75. The molecular formula is C16H19NO3. The van der Waals surface area contributed by atoms with E-state index in [4.69, 9.17) is 20.3 Å². The summed E-state index contributed by atoms with van der Waals surface area (Å²) in [6, 6.07) is 11.2. The minimum Gasteiger partial charge on any atom is -0.493 e. The monoisotopic (exact) mass is 273 g/mol. The topological polar surface area (TPSA) is 64.7 Å². The average molecular weight is 273 g/mol. The van der Waals surface area contributed by atoms with Crippen LogP contribution in [0.1, 0.15) is 16.7 Å². The van der Waals surface area contributed by atoms with E-state index in [1.807, 2.05) is 25.1 Å². The molecule has 0 saturated carbocycles. The molecule has 2 aromatic rings. The average Bonchev–Trinajstić information content (AvgIpc) is 2.49. The van der Waals surface area contributed by atoms with Crippen molar-refractivity contribution in [3.05, 3.63) is 53.1 Å². The molecule has 0 aliphatic carbocycles. The summed E-state index contributed by atoms with van der Waals surface area (Å²) in [5.41, 5.74) is 8.48. The highest BCUT2D eigenvalue weighted by Gasteiger charge is 2.08. The first-order chi connectivity index (χ1) is 9.67. The molecule has 0 fully saturated rings. The first kappa shape index (κ1) is 14.4. The molecule has 20 heavy (non-hydrogen) atoms. The van der Waals surface area contributed by atoms with E-state index >= 15 is 0 Å². The number of rotatable bonds is 5. The normalized spacial score (nSPS) is 10.4. The quantitative estimate of drug-likeness (QED) is 0.879. The van der Waals surface area contributed by atoms with Crippen LogP contribution in [0.3, 0.4) is 0 Å². The lowest BCUT2D eigenvalue weighted by Gasteiger charge is -2.13. The van der Waals surface area contributed by atoms with Crippen molar-refractivity contribution in [1.29, 1.82) is 0 Å². The Bertz CT molecular complexity index is 596. The minimum atomic E-state index is -0.0269. The lowest BCUT2D eigenvalue weighted by atomic mass is 10.1.